The number of hydrogen-bond donors (Lipinski definition) is 1. The summed E-state index contributed by atoms with van der Waals surface area (Å²) in [7, 11) is -2.12. The second-order valence-corrected chi connectivity index (χ2v) is 17.9. The molecule has 1 aliphatic carbocycles. The van der Waals surface area contributed by atoms with Crippen molar-refractivity contribution in [3.8, 4) is 16.9 Å². The normalized spacial score (nSPS) is 17.7. The maximum Gasteiger partial charge on any atom is 0.387 e. The highest BCUT2D eigenvalue weighted by Crippen LogP contribution is 2.49. The van der Waals surface area contributed by atoms with Crippen LogP contribution in [0.15, 0.2) is 42.9 Å². The van der Waals surface area contributed by atoms with Gasteiger partial charge in [-0.25, -0.2) is 19.3 Å². The quantitative estimate of drug-likeness (QED) is 0.212. The van der Waals surface area contributed by atoms with Gasteiger partial charge in [-0.1, -0.05) is 38.4 Å². The van der Waals surface area contributed by atoms with E-state index in [1.165, 1.54) is 12.1 Å². The number of pyridine rings is 1. The Balaban J connectivity index is 1.56. The van der Waals surface area contributed by atoms with Crippen molar-refractivity contribution in [3.05, 3.63) is 76.5 Å². The van der Waals surface area contributed by atoms with Gasteiger partial charge in [-0.2, -0.15) is 8.78 Å². The Hall–Kier alpha value is -2.99. The predicted octanol–water partition coefficient (Wildman–Crippen LogP) is 7.98. The van der Waals surface area contributed by atoms with Crippen LogP contribution in [-0.4, -0.2) is 34.3 Å². The van der Waals surface area contributed by atoms with Gasteiger partial charge in [0.05, 0.1) is 11.4 Å². The maximum atomic E-state index is 15.5. The smallest absolute Gasteiger partial charge is 0.387 e. The minimum Gasteiger partial charge on any atom is -0.434 e. The van der Waals surface area contributed by atoms with Crippen LogP contribution in [0.1, 0.15) is 75.8 Å². The third-order valence-electron chi connectivity index (χ3n) is 8.34. The van der Waals surface area contributed by atoms with Gasteiger partial charge in [0, 0.05) is 58.3 Å². The molecule has 0 fully saturated rings. The summed E-state index contributed by atoms with van der Waals surface area (Å²) in [5.74, 6) is -0.551. The second-order valence-electron chi connectivity index (χ2n) is 12.7. The van der Waals surface area contributed by atoms with Crippen molar-refractivity contribution in [1.82, 2.24) is 19.4 Å². The highest BCUT2D eigenvalue weighted by atomic mass is 35.5. The van der Waals surface area contributed by atoms with Crippen LogP contribution in [0.5, 0.6) is 5.75 Å². The molecule has 4 aromatic rings. The second kappa shape index (κ2) is 10.6. The van der Waals surface area contributed by atoms with Crippen LogP contribution in [0.25, 0.3) is 16.8 Å². The Morgan fingerprint density at radius 3 is 2.40 bits per heavy atom. The minimum absolute atomic E-state index is 0.00449. The standard InChI is InChI=1S/C30H35ClF3N5O2Si/c1-29(2,3)42(6,7)41-30(4,5)27-36-13-16(14-37-27)18-15-39-23(12-20(18)32)38-25-21(35)11-17(26(25)39)24-19(31)9-8-10-22(24)40-28(33)34/h8-10,12-15,17,21,28H,11,35H2,1-7H3/t17-,21-/m1/s1. The van der Waals surface area contributed by atoms with E-state index < -0.39 is 38.3 Å². The minimum atomic E-state index is -3.03. The van der Waals surface area contributed by atoms with Crippen molar-refractivity contribution in [2.75, 3.05) is 0 Å². The Labute approximate surface area is 249 Å². The van der Waals surface area contributed by atoms with Crippen LogP contribution < -0.4 is 10.5 Å². The molecule has 2 N–H and O–H groups in total. The van der Waals surface area contributed by atoms with Gasteiger partial charge in [-0.05, 0) is 50.5 Å². The van der Waals surface area contributed by atoms with E-state index in [9.17, 15) is 8.78 Å². The average Bonchev–Trinajstić information content (AvgIpc) is 3.38. The van der Waals surface area contributed by atoms with Crippen molar-refractivity contribution < 1.29 is 22.3 Å². The zero-order chi connectivity index (χ0) is 30.8. The zero-order valence-electron chi connectivity index (χ0n) is 24.7. The van der Waals surface area contributed by atoms with Crippen molar-refractivity contribution in [2.45, 2.75) is 83.3 Å². The highest BCUT2D eigenvalue weighted by Gasteiger charge is 2.43. The van der Waals surface area contributed by atoms with Gasteiger partial charge in [-0.3, -0.25) is 0 Å². The van der Waals surface area contributed by atoms with Crippen molar-refractivity contribution in [1.29, 1.82) is 0 Å². The molecular weight excluding hydrogens is 583 g/mol. The molecule has 0 bridgehead atoms. The molecule has 0 amide bonds. The number of fused-ring (bicyclic) bond motifs is 3. The number of nitrogens with two attached hydrogens (primary N) is 1. The molecule has 7 nitrogen and oxygen atoms in total. The number of rotatable bonds is 7. The number of ether oxygens (including phenoxy) is 1. The van der Waals surface area contributed by atoms with E-state index in [0.717, 1.165) is 0 Å². The van der Waals surface area contributed by atoms with Gasteiger partial charge in [0.25, 0.3) is 0 Å². The first kappa shape index (κ1) is 30.5. The van der Waals surface area contributed by atoms with Gasteiger partial charge < -0.3 is 19.3 Å². The lowest BCUT2D eigenvalue weighted by Gasteiger charge is -2.42. The molecule has 0 saturated carbocycles. The number of imidazole rings is 1. The molecule has 224 valence electrons. The van der Waals surface area contributed by atoms with E-state index in [1.54, 1.807) is 35.1 Å². The van der Waals surface area contributed by atoms with Gasteiger partial charge in [0.2, 0.25) is 0 Å². The predicted molar refractivity (Wildman–Crippen MR) is 159 cm³/mol. The lowest BCUT2D eigenvalue weighted by molar-refractivity contribution is -0.0505. The molecule has 3 heterocycles. The molecule has 0 aliphatic heterocycles. The summed E-state index contributed by atoms with van der Waals surface area (Å²) in [6.07, 6.45) is 5.14. The van der Waals surface area contributed by atoms with Gasteiger partial charge >= 0.3 is 6.61 Å². The van der Waals surface area contributed by atoms with Crippen molar-refractivity contribution in [2.24, 2.45) is 5.73 Å². The molecule has 0 unspecified atom stereocenters. The van der Waals surface area contributed by atoms with Crippen LogP contribution in [0, 0.1) is 5.82 Å². The molecule has 1 aliphatic rings. The number of aromatic nitrogens is 4. The number of hydrogen-bond acceptors (Lipinski definition) is 6. The third-order valence-corrected chi connectivity index (χ3v) is 13.3. The fourth-order valence-electron chi connectivity index (χ4n) is 5.33. The zero-order valence-corrected chi connectivity index (χ0v) is 26.4. The lowest BCUT2D eigenvalue weighted by atomic mass is 9.95. The molecule has 12 heteroatoms. The summed E-state index contributed by atoms with van der Waals surface area (Å²) >= 11 is 6.51. The summed E-state index contributed by atoms with van der Waals surface area (Å²) in [5, 5.41) is 0.270. The highest BCUT2D eigenvalue weighted by molar-refractivity contribution is 6.74. The summed E-state index contributed by atoms with van der Waals surface area (Å²) in [5.41, 5.74) is 8.31. The number of benzene rings is 1. The van der Waals surface area contributed by atoms with E-state index in [4.69, 9.17) is 26.5 Å². The number of alkyl halides is 2. The Morgan fingerprint density at radius 1 is 1.12 bits per heavy atom. The van der Waals surface area contributed by atoms with E-state index in [2.05, 4.69) is 48.8 Å². The van der Waals surface area contributed by atoms with Crippen LogP contribution in [-0.2, 0) is 10.0 Å². The Kier molecular flexibility index (Phi) is 7.70. The fraction of sp³-hybridized carbons (Fsp3) is 0.433. The van der Waals surface area contributed by atoms with Crippen molar-refractivity contribution in [3.63, 3.8) is 0 Å². The summed E-state index contributed by atoms with van der Waals surface area (Å²) in [6, 6.07) is 5.42. The van der Waals surface area contributed by atoms with Crippen molar-refractivity contribution >= 4 is 25.6 Å². The number of halogens is 4. The first-order valence-electron chi connectivity index (χ1n) is 13.7. The Morgan fingerprint density at radius 2 is 1.79 bits per heavy atom. The van der Waals surface area contributed by atoms with Crippen LogP contribution >= 0.6 is 11.6 Å². The van der Waals surface area contributed by atoms with E-state index in [-0.39, 0.29) is 21.4 Å². The summed E-state index contributed by atoms with van der Waals surface area (Å²) in [6.45, 7) is 11.7. The molecule has 0 spiro atoms. The van der Waals surface area contributed by atoms with Gasteiger partial charge in [-0.15, -0.1) is 0 Å². The maximum absolute atomic E-state index is 15.5. The summed E-state index contributed by atoms with van der Waals surface area (Å²) in [4.78, 5) is 13.7. The topological polar surface area (TPSA) is 87.6 Å². The molecule has 0 saturated heterocycles. The molecule has 5 rings (SSSR count). The Bertz CT molecular complexity index is 1640. The average molecular weight is 618 g/mol. The van der Waals surface area contributed by atoms with Gasteiger partial charge in [0.1, 0.15) is 22.8 Å². The van der Waals surface area contributed by atoms with Crippen LogP contribution in [0.3, 0.4) is 0 Å². The van der Waals surface area contributed by atoms with E-state index in [0.29, 0.717) is 40.4 Å². The largest absolute Gasteiger partial charge is 0.434 e. The first-order chi connectivity index (χ1) is 19.5. The van der Waals surface area contributed by atoms with Crippen LogP contribution in [0.4, 0.5) is 13.2 Å². The van der Waals surface area contributed by atoms with E-state index in [1.807, 2.05) is 13.8 Å². The number of nitrogens with zero attached hydrogens (tertiary/aromatic N) is 4. The third kappa shape index (κ3) is 5.43. The first-order valence-corrected chi connectivity index (χ1v) is 17.0. The molecule has 3 aromatic heterocycles. The summed E-state index contributed by atoms with van der Waals surface area (Å²) < 4.78 is 55.1. The SMILES string of the molecule is CC(C)(O[Si](C)(C)C(C)(C)C)c1ncc(-c2cn3c4c(nc3cc2F)[C@H](N)C[C@@H]4c2c(Cl)cccc2OC(F)F)cn1. The lowest BCUT2D eigenvalue weighted by Crippen LogP contribution is -2.46. The molecule has 1 aromatic carbocycles. The molecule has 0 radical (unpaired) electrons. The van der Waals surface area contributed by atoms with Gasteiger partial charge in [0.15, 0.2) is 14.1 Å². The van der Waals surface area contributed by atoms with Crippen LogP contribution in [0.2, 0.25) is 23.2 Å². The molecule has 42 heavy (non-hydrogen) atoms. The fourth-order valence-corrected chi connectivity index (χ4v) is 7.30. The monoisotopic (exact) mass is 617 g/mol. The molecule has 2 atom stereocenters. The molecular formula is C30H35ClF3N5O2Si. The van der Waals surface area contributed by atoms with E-state index >= 15 is 4.39 Å².